The molecule has 2 aliphatic rings. The molecule has 0 spiro atoms. The van der Waals surface area contributed by atoms with E-state index in [0.29, 0.717) is 35.3 Å². The number of halogens is 1. The largest absolute Gasteiger partial charge is 0.508 e. The first-order chi connectivity index (χ1) is 20.7. The third-order valence-corrected chi connectivity index (χ3v) is 9.36. The first-order valence-corrected chi connectivity index (χ1v) is 16.5. The number of likely N-dealkylation sites (tertiary alicyclic amines) is 1. The van der Waals surface area contributed by atoms with Gasteiger partial charge < -0.3 is 26.0 Å². The molecule has 11 heteroatoms. The molecule has 0 radical (unpaired) electrons. The van der Waals surface area contributed by atoms with E-state index < -0.39 is 17.6 Å². The summed E-state index contributed by atoms with van der Waals surface area (Å²) in [5, 5.41) is 35.2. The van der Waals surface area contributed by atoms with Crippen LogP contribution in [0.5, 0.6) is 5.75 Å². The van der Waals surface area contributed by atoms with E-state index >= 15 is 0 Å². The molecule has 242 valence electrons. The number of aliphatic hydroxyl groups excluding tert-OH is 1. The molecule has 1 saturated carbocycles. The SMILES string of the molecule is Cc1c(O)cccc1C(=O)N[C@@H](CSc1ccccc1)[C@H](O)CN1C[C@H]2CCCC[C@H]2C[C@H]1C(=O)NC(C)(C)C.O=C(O)Cl. The number of carboxylic acid groups (broad SMARTS) is 1. The standard InChI is InChI=1S/C32H45N3O4S.CHClO2/c1-21-25(15-10-16-28(21)36)30(38)33-26(20-40-24-13-6-5-7-14-24)29(37)19-35-18-23-12-9-8-11-22(23)17-27(35)31(39)34-32(2,3)4;2-1(3)4/h5-7,10,13-16,22-23,26-27,29,36-37H,8-9,11-12,17-20H2,1-4H3,(H,33,38)(H,34,39);(H,3,4)/t22-,23+,26-,27-,29+;/m0./s1. The fourth-order valence-corrected chi connectivity index (χ4v) is 7.09. The number of carbonyl (C=O) groups excluding carboxylic acids is 2. The highest BCUT2D eigenvalue weighted by Gasteiger charge is 2.41. The van der Waals surface area contributed by atoms with Gasteiger partial charge in [-0.25, -0.2) is 4.79 Å². The molecule has 1 saturated heterocycles. The van der Waals surface area contributed by atoms with Gasteiger partial charge in [-0.3, -0.25) is 14.5 Å². The third-order valence-electron chi connectivity index (χ3n) is 8.23. The second kappa shape index (κ2) is 16.5. The van der Waals surface area contributed by atoms with E-state index in [-0.39, 0.29) is 29.1 Å². The Labute approximate surface area is 269 Å². The van der Waals surface area contributed by atoms with E-state index in [0.717, 1.165) is 30.7 Å². The van der Waals surface area contributed by atoms with Crippen LogP contribution in [-0.2, 0) is 4.79 Å². The summed E-state index contributed by atoms with van der Waals surface area (Å²) in [6.07, 6.45) is 4.67. The molecule has 0 aromatic heterocycles. The summed E-state index contributed by atoms with van der Waals surface area (Å²) in [7, 11) is 0. The predicted molar refractivity (Wildman–Crippen MR) is 174 cm³/mol. The molecular formula is C33H46ClN3O6S. The minimum atomic E-state index is -1.36. The van der Waals surface area contributed by atoms with Crippen molar-refractivity contribution in [2.75, 3.05) is 18.8 Å². The number of fused-ring (bicyclic) bond motifs is 1. The summed E-state index contributed by atoms with van der Waals surface area (Å²) >= 11 is 5.77. The van der Waals surface area contributed by atoms with Gasteiger partial charge in [0.2, 0.25) is 5.91 Å². The predicted octanol–water partition coefficient (Wildman–Crippen LogP) is 5.65. The van der Waals surface area contributed by atoms with Gasteiger partial charge in [0.25, 0.3) is 5.91 Å². The number of benzene rings is 2. The van der Waals surface area contributed by atoms with Gasteiger partial charge in [-0.1, -0.05) is 43.5 Å². The summed E-state index contributed by atoms with van der Waals surface area (Å²) in [5.74, 6) is 1.27. The van der Waals surface area contributed by atoms with Gasteiger partial charge in [0.15, 0.2) is 0 Å². The molecule has 0 bridgehead atoms. The summed E-state index contributed by atoms with van der Waals surface area (Å²) in [6.45, 7) is 8.76. The second-order valence-corrected chi connectivity index (χ2v) is 14.1. The maximum Gasteiger partial charge on any atom is 0.401 e. The Bertz CT molecular complexity index is 1250. The Hall–Kier alpha value is -2.79. The number of carbonyl (C=O) groups is 3. The minimum Gasteiger partial charge on any atom is -0.508 e. The molecule has 2 fully saturated rings. The number of hydrogen-bond acceptors (Lipinski definition) is 7. The molecule has 1 heterocycles. The second-order valence-electron chi connectivity index (χ2n) is 12.7. The lowest BCUT2D eigenvalue weighted by Gasteiger charge is -2.47. The zero-order valence-corrected chi connectivity index (χ0v) is 27.5. The van der Waals surface area contributed by atoms with E-state index in [1.165, 1.54) is 12.8 Å². The van der Waals surface area contributed by atoms with Crippen LogP contribution in [0.15, 0.2) is 53.4 Å². The number of aromatic hydroxyl groups is 1. The van der Waals surface area contributed by atoms with Gasteiger partial charge in [-0.15, -0.1) is 11.8 Å². The summed E-state index contributed by atoms with van der Waals surface area (Å²) in [4.78, 5) is 38.8. The van der Waals surface area contributed by atoms with Crippen molar-refractivity contribution in [1.82, 2.24) is 15.5 Å². The van der Waals surface area contributed by atoms with Gasteiger partial charge in [0, 0.05) is 52.0 Å². The fourth-order valence-electron chi connectivity index (χ4n) is 6.06. The molecule has 0 unspecified atom stereocenters. The Kier molecular flexibility index (Phi) is 13.4. The van der Waals surface area contributed by atoms with Crippen LogP contribution in [0.2, 0.25) is 0 Å². The molecule has 2 amide bonds. The molecule has 2 aromatic rings. The maximum atomic E-state index is 13.5. The number of aliphatic hydroxyl groups is 1. The molecule has 44 heavy (non-hydrogen) atoms. The number of rotatable bonds is 9. The molecule has 5 atom stereocenters. The van der Waals surface area contributed by atoms with Crippen LogP contribution in [0.3, 0.4) is 0 Å². The van der Waals surface area contributed by atoms with Crippen LogP contribution in [0, 0.1) is 18.8 Å². The van der Waals surface area contributed by atoms with Crippen molar-refractivity contribution in [3.05, 3.63) is 59.7 Å². The number of phenolic OH excluding ortho intramolecular Hbond substituents is 1. The van der Waals surface area contributed by atoms with Crippen LogP contribution < -0.4 is 10.6 Å². The van der Waals surface area contributed by atoms with E-state index in [1.54, 1.807) is 36.9 Å². The van der Waals surface area contributed by atoms with Crippen LogP contribution in [0.25, 0.3) is 0 Å². The van der Waals surface area contributed by atoms with Gasteiger partial charge in [0.1, 0.15) is 5.75 Å². The minimum absolute atomic E-state index is 0.0124. The van der Waals surface area contributed by atoms with Crippen molar-refractivity contribution in [2.24, 2.45) is 11.8 Å². The number of amides is 2. The molecule has 2 aromatic carbocycles. The van der Waals surface area contributed by atoms with Crippen LogP contribution >= 0.6 is 23.4 Å². The van der Waals surface area contributed by atoms with E-state index in [9.17, 15) is 19.8 Å². The lowest BCUT2D eigenvalue weighted by Crippen LogP contribution is -2.60. The first-order valence-electron chi connectivity index (χ1n) is 15.1. The Morgan fingerprint density at radius 2 is 1.68 bits per heavy atom. The van der Waals surface area contributed by atoms with Gasteiger partial charge >= 0.3 is 5.43 Å². The van der Waals surface area contributed by atoms with Crippen molar-refractivity contribution < 1.29 is 29.7 Å². The number of nitrogens with zero attached hydrogens (tertiary/aromatic N) is 1. The van der Waals surface area contributed by atoms with E-state index in [1.807, 2.05) is 51.1 Å². The van der Waals surface area contributed by atoms with E-state index in [4.69, 9.17) is 9.90 Å². The van der Waals surface area contributed by atoms with Crippen LogP contribution in [0.4, 0.5) is 4.79 Å². The van der Waals surface area contributed by atoms with E-state index in [2.05, 4.69) is 27.1 Å². The topological polar surface area (TPSA) is 139 Å². The molecule has 9 nitrogen and oxygen atoms in total. The number of nitrogens with one attached hydrogen (secondary N) is 2. The Morgan fingerprint density at radius 3 is 2.32 bits per heavy atom. The third kappa shape index (κ3) is 11.0. The summed E-state index contributed by atoms with van der Waals surface area (Å²) in [6, 6.07) is 13.9. The number of hydrogen-bond donors (Lipinski definition) is 5. The highest BCUT2D eigenvalue weighted by Crippen LogP contribution is 2.39. The zero-order chi connectivity index (χ0) is 32.4. The normalized spacial score (nSPS) is 21.5. The number of phenols is 1. The Balaban J connectivity index is 0.00000124. The highest BCUT2D eigenvalue weighted by molar-refractivity contribution is 7.99. The van der Waals surface area contributed by atoms with Crippen molar-refractivity contribution in [2.45, 2.75) is 88.4 Å². The lowest BCUT2D eigenvalue weighted by molar-refractivity contribution is -0.132. The highest BCUT2D eigenvalue weighted by atomic mass is 35.5. The zero-order valence-electron chi connectivity index (χ0n) is 26.0. The van der Waals surface area contributed by atoms with Crippen molar-refractivity contribution in [3.8, 4) is 5.75 Å². The van der Waals surface area contributed by atoms with Crippen LogP contribution in [0.1, 0.15) is 68.8 Å². The quantitative estimate of drug-likeness (QED) is 0.174. The smallest absolute Gasteiger partial charge is 0.401 e. The monoisotopic (exact) mass is 647 g/mol. The molecule has 1 aliphatic heterocycles. The summed E-state index contributed by atoms with van der Waals surface area (Å²) in [5.41, 5.74) is -0.818. The molecule has 5 N–H and O–H groups in total. The average molecular weight is 648 g/mol. The number of thioether (sulfide) groups is 1. The molecule has 1 aliphatic carbocycles. The van der Waals surface area contributed by atoms with Gasteiger partial charge in [0.05, 0.1) is 18.2 Å². The van der Waals surface area contributed by atoms with Crippen molar-refractivity contribution >= 4 is 40.6 Å². The number of piperidine rings is 1. The van der Waals surface area contributed by atoms with Gasteiger partial charge in [-0.05, 0) is 76.6 Å². The maximum absolute atomic E-state index is 13.5. The lowest BCUT2D eigenvalue weighted by atomic mass is 9.72. The summed E-state index contributed by atoms with van der Waals surface area (Å²) < 4.78 is 0. The molecular weight excluding hydrogens is 602 g/mol. The fraction of sp³-hybridized carbons (Fsp3) is 0.545. The van der Waals surface area contributed by atoms with Crippen molar-refractivity contribution in [3.63, 3.8) is 0 Å². The number of β-amino-alcohol motifs (C(OH)–C–C–N with tert-alkyl or cyclic N) is 1. The molecule has 4 rings (SSSR count). The van der Waals surface area contributed by atoms with Crippen LogP contribution in [-0.4, -0.2) is 80.0 Å². The van der Waals surface area contributed by atoms with Crippen molar-refractivity contribution in [1.29, 1.82) is 0 Å². The first kappa shape index (κ1) is 35.7. The average Bonchev–Trinajstić information content (AvgIpc) is 2.95. The van der Waals surface area contributed by atoms with Gasteiger partial charge in [-0.2, -0.15) is 0 Å². The Morgan fingerprint density at radius 1 is 1.05 bits per heavy atom.